The monoisotopic (exact) mass is 704 g/mol. The quantitative estimate of drug-likeness (QED) is 0.126. The van der Waals surface area contributed by atoms with Crippen LogP contribution in [0.3, 0.4) is 0 Å². The molecule has 0 saturated carbocycles. The highest BCUT2D eigenvalue weighted by Gasteiger charge is 2.32. The molecule has 0 bridgehead atoms. The second-order valence-corrected chi connectivity index (χ2v) is 15.5. The second-order valence-electron chi connectivity index (χ2n) is 15.5. The van der Waals surface area contributed by atoms with Crippen LogP contribution in [0.5, 0.6) is 0 Å². The first-order valence-electron chi connectivity index (χ1n) is 19.6. The van der Waals surface area contributed by atoms with Crippen LogP contribution in [0.2, 0.25) is 0 Å². The Morgan fingerprint density at radius 2 is 0.607 bits per heavy atom. The fourth-order valence-corrected chi connectivity index (χ4v) is 10.4. The van der Waals surface area contributed by atoms with E-state index < -0.39 is 0 Å². The van der Waals surface area contributed by atoms with Gasteiger partial charge in [0.2, 0.25) is 0 Å². The molecule has 0 heterocycles. The van der Waals surface area contributed by atoms with Gasteiger partial charge in [-0.1, -0.05) is 182 Å². The molecule has 0 heteroatoms. The van der Waals surface area contributed by atoms with Gasteiger partial charge in [0.25, 0.3) is 0 Å². The van der Waals surface area contributed by atoms with Gasteiger partial charge in [0.1, 0.15) is 0 Å². The molecule has 0 saturated heterocycles. The van der Waals surface area contributed by atoms with Crippen LogP contribution in [0.4, 0.5) is 0 Å². The third-order valence-corrected chi connectivity index (χ3v) is 12.7. The van der Waals surface area contributed by atoms with E-state index in [0.717, 1.165) is 0 Å². The fourth-order valence-electron chi connectivity index (χ4n) is 10.4. The van der Waals surface area contributed by atoms with Crippen LogP contribution in [-0.2, 0) is 0 Å². The van der Waals surface area contributed by atoms with Crippen molar-refractivity contribution in [3.05, 3.63) is 193 Å². The molecule has 256 valence electrons. The van der Waals surface area contributed by atoms with Gasteiger partial charge in [0, 0.05) is 0 Å². The lowest BCUT2D eigenvalue weighted by Crippen LogP contribution is -1.94. The summed E-state index contributed by atoms with van der Waals surface area (Å²) in [5, 5.41) is 13.4. The van der Waals surface area contributed by atoms with Crippen LogP contribution in [0.15, 0.2) is 182 Å². The van der Waals surface area contributed by atoms with Crippen molar-refractivity contribution < 1.29 is 0 Å². The molecule has 0 nitrogen and oxygen atoms in total. The van der Waals surface area contributed by atoms with Crippen molar-refractivity contribution >= 4 is 66.0 Å². The van der Waals surface area contributed by atoms with Crippen molar-refractivity contribution in [1.29, 1.82) is 0 Å². The Hall–Kier alpha value is -7.28. The summed E-state index contributed by atoms with van der Waals surface area (Å²) in [7, 11) is 0. The number of hydrogen-bond donors (Lipinski definition) is 0. The third kappa shape index (κ3) is 3.98. The summed E-state index contributed by atoms with van der Waals surface area (Å²) in [4.78, 5) is 0. The summed E-state index contributed by atoms with van der Waals surface area (Å²) >= 11 is 0. The molecule has 0 aromatic heterocycles. The molecule has 0 aliphatic heterocycles. The van der Waals surface area contributed by atoms with Crippen LogP contribution in [0.1, 0.15) is 11.1 Å². The molecule has 0 radical (unpaired) electrons. The molecule has 0 atom stereocenters. The smallest absolute Gasteiger partial charge is 0.000740 e. The molecule has 2 aliphatic carbocycles. The van der Waals surface area contributed by atoms with Crippen molar-refractivity contribution in [2.75, 3.05) is 0 Å². The zero-order valence-electron chi connectivity index (χ0n) is 30.5. The SMILES string of the molecule is C1=Cc2ccc3c4ccc5c6c(ccc(c7ccc1c2c73)c64)-c1c-5c(-c2cccc(-c3ccccc3)c2)c2ccccc2c1-c1cccc(-c2ccccc2)c1. The van der Waals surface area contributed by atoms with Crippen LogP contribution in [0, 0.1) is 0 Å². The van der Waals surface area contributed by atoms with Crippen molar-refractivity contribution in [3.63, 3.8) is 0 Å². The lowest BCUT2D eigenvalue weighted by Gasteiger charge is -2.21. The molecule has 0 amide bonds. The molecule has 0 fully saturated rings. The first kappa shape index (κ1) is 30.1. The van der Waals surface area contributed by atoms with Crippen LogP contribution >= 0.6 is 0 Å². The highest BCUT2D eigenvalue weighted by atomic mass is 14.3. The van der Waals surface area contributed by atoms with Crippen molar-refractivity contribution in [2.45, 2.75) is 0 Å². The highest BCUT2D eigenvalue weighted by Crippen LogP contribution is 2.60. The third-order valence-electron chi connectivity index (χ3n) is 12.7. The van der Waals surface area contributed by atoms with Crippen LogP contribution in [-0.4, -0.2) is 0 Å². The van der Waals surface area contributed by atoms with Crippen LogP contribution < -0.4 is 0 Å². The Morgan fingerprint density at radius 1 is 0.214 bits per heavy atom. The van der Waals surface area contributed by atoms with E-state index in [1.165, 1.54) is 132 Å². The van der Waals surface area contributed by atoms with Gasteiger partial charge >= 0.3 is 0 Å². The van der Waals surface area contributed by atoms with Gasteiger partial charge in [0.15, 0.2) is 0 Å². The molecule has 2 aliphatic rings. The fraction of sp³-hybridized carbons (Fsp3) is 0. The number of rotatable bonds is 4. The maximum atomic E-state index is 2.44. The normalized spacial score (nSPS) is 12.6. The summed E-state index contributed by atoms with van der Waals surface area (Å²) in [5.74, 6) is 0. The minimum atomic E-state index is 1.23. The summed E-state index contributed by atoms with van der Waals surface area (Å²) in [6.07, 6.45) is 4.54. The van der Waals surface area contributed by atoms with Gasteiger partial charge in [-0.25, -0.2) is 0 Å². The predicted molar refractivity (Wildman–Crippen MR) is 240 cm³/mol. The summed E-state index contributed by atoms with van der Waals surface area (Å²) in [5.41, 5.74) is 17.9. The molecule has 0 spiro atoms. The zero-order valence-corrected chi connectivity index (χ0v) is 30.5. The lowest BCUT2D eigenvalue weighted by atomic mass is 9.82. The Labute approximate surface area is 324 Å². The highest BCUT2D eigenvalue weighted by molar-refractivity contribution is 6.40. The van der Waals surface area contributed by atoms with Crippen LogP contribution in [0.25, 0.3) is 133 Å². The Bertz CT molecular complexity index is 3270. The standard InChI is InChI=1S/C56H32/c1-3-11-33(12-4-1)37-15-9-17-39(31-37)50-41-19-7-8-20-42(41)51(40-18-10-16-38(32-40)34-13-5-2-6-14-34)56-48-30-28-46-44-26-24-36-22-21-35-23-25-43(52(44)49(35)36)45-27-29-47(55(50)56)54(48)53(45)46/h1-32H. The molecule has 11 aromatic rings. The Kier molecular flexibility index (Phi) is 5.98. The maximum Gasteiger partial charge on any atom is -0.000740 e. The minimum Gasteiger partial charge on any atom is -0.0622 e. The van der Waals surface area contributed by atoms with Crippen molar-refractivity contribution in [2.24, 2.45) is 0 Å². The summed E-state index contributed by atoms with van der Waals surface area (Å²) < 4.78 is 0. The molecule has 56 heavy (non-hydrogen) atoms. The van der Waals surface area contributed by atoms with E-state index in [1.807, 2.05) is 0 Å². The first-order valence-corrected chi connectivity index (χ1v) is 19.6. The van der Waals surface area contributed by atoms with Gasteiger partial charge in [-0.15, -0.1) is 0 Å². The van der Waals surface area contributed by atoms with E-state index in [0.29, 0.717) is 0 Å². The molecule has 0 unspecified atom stereocenters. The average Bonchev–Trinajstić information content (AvgIpc) is 3.85. The van der Waals surface area contributed by atoms with Gasteiger partial charge < -0.3 is 0 Å². The average molecular weight is 705 g/mol. The minimum absolute atomic E-state index is 1.23. The van der Waals surface area contributed by atoms with Crippen molar-refractivity contribution in [1.82, 2.24) is 0 Å². The van der Waals surface area contributed by atoms with E-state index in [9.17, 15) is 0 Å². The van der Waals surface area contributed by atoms with E-state index in [2.05, 4.69) is 194 Å². The van der Waals surface area contributed by atoms with Gasteiger partial charge in [0.05, 0.1) is 0 Å². The topological polar surface area (TPSA) is 0 Å². The summed E-state index contributed by atoms with van der Waals surface area (Å²) in [6.45, 7) is 0. The number of hydrogen-bond acceptors (Lipinski definition) is 0. The maximum absolute atomic E-state index is 2.44. The molecule has 11 aromatic carbocycles. The Morgan fingerprint density at radius 3 is 1.09 bits per heavy atom. The predicted octanol–water partition coefficient (Wildman–Crippen LogP) is 15.7. The van der Waals surface area contributed by atoms with Gasteiger partial charge in [-0.05, 0) is 144 Å². The molecule has 0 N–H and O–H groups in total. The molecular weight excluding hydrogens is 673 g/mol. The largest absolute Gasteiger partial charge is 0.0622 e. The van der Waals surface area contributed by atoms with Gasteiger partial charge in [-0.3, -0.25) is 0 Å². The van der Waals surface area contributed by atoms with Crippen molar-refractivity contribution in [3.8, 4) is 66.8 Å². The van der Waals surface area contributed by atoms with E-state index in [4.69, 9.17) is 0 Å². The van der Waals surface area contributed by atoms with E-state index >= 15 is 0 Å². The van der Waals surface area contributed by atoms with E-state index in [-0.39, 0.29) is 0 Å². The second kappa shape index (κ2) is 11.1. The molecule has 13 rings (SSSR count). The lowest BCUT2D eigenvalue weighted by molar-refractivity contribution is 1.59. The Balaban J connectivity index is 1.19. The molecular formula is C56H32. The first-order chi connectivity index (χ1) is 27.8. The number of fused-ring (bicyclic) bond motifs is 6. The van der Waals surface area contributed by atoms with Gasteiger partial charge in [-0.2, -0.15) is 0 Å². The summed E-state index contributed by atoms with van der Waals surface area (Å²) in [6, 6.07) is 68.1. The van der Waals surface area contributed by atoms with E-state index in [1.54, 1.807) is 0 Å². The number of benzene rings is 11. The zero-order chi connectivity index (χ0) is 36.5.